The molecule has 1 atom stereocenters. The molecule has 5 heteroatoms. The maximum absolute atomic E-state index is 5.53. The lowest BCUT2D eigenvalue weighted by Gasteiger charge is -2.13. The number of nitrogens with one attached hydrogen (secondary N) is 1. The molecule has 0 aliphatic rings. The summed E-state index contributed by atoms with van der Waals surface area (Å²) in [6, 6.07) is 4.11. The second kappa shape index (κ2) is 4.97. The van der Waals surface area contributed by atoms with Crippen LogP contribution in [0.25, 0.3) is 0 Å². The highest BCUT2D eigenvalue weighted by Gasteiger charge is 2.11. The van der Waals surface area contributed by atoms with E-state index < -0.39 is 0 Å². The van der Waals surface area contributed by atoms with Gasteiger partial charge < -0.3 is 0 Å². The SMILES string of the molecule is NNC(Cc1ccncc1)c1cncs1. The Balaban J connectivity index is 2.10. The average molecular weight is 220 g/mol. The van der Waals surface area contributed by atoms with Crippen molar-refractivity contribution in [3.8, 4) is 0 Å². The molecular formula is C10H12N4S. The molecule has 78 valence electrons. The summed E-state index contributed by atoms with van der Waals surface area (Å²) in [6.07, 6.45) is 6.27. The monoisotopic (exact) mass is 220 g/mol. The van der Waals surface area contributed by atoms with Gasteiger partial charge in [0, 0.05) is 23.5 Å². The Labute approximate surface area is 92.2 Å². The maximum atomic E-state index is 5.53. The molecule has 2 aromatic rings. The lowest BCUT2D eigenvalue weighted by Crippen LogP contribution is -2.28. The normalized spacial score (nSPS) is 12.6. The van der Waals surface area contributed by atoms with Crippen molar-refractivity contribution in [1.29, 1.82) is 0 Å². The van der Waals surface area contributed by atoms with E-state index in [1.807, 2.05) is 23.8 Å². The van der Waals surface area contributed by atoms with E-state index in [0.29, 0.717) is 0 Å². The van der Waals surface area contributed by atoms with Crippen LogP contribution in [0.2, 0.25) is 0 Å². The summed E-state index contributed by atoms with van der Waals surface area (Å²) in [5.41, 5.74) is 5.82. The number of pyridine rings is 1. The van der Waals surface area contributed by atoms with Gasteiger partial charge in [-0.25, -0.2) is 0 Å². The average Bonchev–Trinajstić information content (AvgIpc) is 2.81. The van der Waals surface area contributed by atoms with Crippen LogP contribution >= 0.6 is 11.3 Å². The lowest BCUT2D eigenvalue weighted by atomic mass is 10.1. The van der Waals surface area contributed by atoms with Crippen molar-refractivity contribution >= 4 is 11.3 Å². The van der Waals surface area contributed by atoms with Crippen LogP contribution in [0.5, 0.6) is 0 Å². The molecule has 0 bridgehead atoms. The Morgan fingerprint density at radius 2 is 2.13 bits per heavy atom. The molecule has 0 aliphatic carbocycles. The predicted octanol–water partition coefficient (Wildman–Crippen LogP) is 1.29. The molecule has 0 radical (unpaired) electrons. The summed E-state index contributed by atoms with van der Waals surface area (Å²) < 4.78 is 0. The van der Waals surface area contributed by atoms with Crippen molar-refractivity contribution in [3.63, 3.8) is 0 Å². The van der Waals surface area contributed by atoms with Crippen molar-refractivity contribution in [1.82, 2.24) is 15.4 Å². The van der Waals surface area contributed by atoms with Gasteiger partial charge in [0.1, 0.15) is 0 Å². The minimum atomic E-state index is 0.125. The van der Waals surface area contributed by atoms with Crippen LogP contribution in [0, 0.1) is 0 Å². The topological polar surface area (TPSA) is 63.8 Å². The second-order valence-electron chi connectivity index (χ2n) is 3.18. The Bertz CT molecular complexity index is 387. The van der Waals surface area contributed by atoms with Gasteiger partial charge >= 0.3 is 0 Å². The predicted molar refractivity (Wildman–Crippen MR) is 60.1 cm³/mol. The van der Waals surface area contributed by atoms with Crippen molar-refractivity contribution in [2.45, 2.75) is 12.5 Å². The maximum Gasteiger partial charge on any atom is 0.0794 e. The summed E-state index contributed by atoms with van der Waals surface area (Å²) in [5.74, 6) is 5.53. The molecule has 0 fully saturated rings. The van der Waals surface area contributed by atoms with Gasteiger partial charge in [-0.05, 0) is 24.1 Å². The van der Waals surface area contributed by atoms with Gasteiger partial charge in [0.2, 0.25) is 0 Å². The highest BCUT2D eigenvalue weighted by Crippen LogP contribution is 2.20. The fourth-order valence-electron chi connectivity index (χ4n) is 1.39. The number of nitrogens with two attached hydrogens (primary N) is 1. The number of rotatable bonds is 4. The van der Waals surface area contributed by atoms with Gasteiger partial charge in [-0.15, -0.1) is 11.3 Å². The molecule has 0 aromatic carbocycles. The molecule has 0 aliphatic heterocycles. The van der Waals surface area contributed by atoms with Crippen LogP contribution in [0.3, 0.4) is 0 Å². The highest BCUT2D eigenvalue weighted by molar-refractivity contribution is 7.09. The van der Waals surface area contributed by atoms with E-state index in [-0.39, 0.29) is 6.04 Å². The summed E-state index contributed by atoms with van der Waals surface area (Å²) in [5, 5.41) is 0. The van der Waals surface area contributed by atoms with Crippen molar-refractivity contribution in [2.24, 2.45) is 5.84 Å². The second-order valence-corrected chi connectivity index (χ2v) is 4.10. The summed E-state index contributed by atoms with van der Waals surface area (Å²) in [6.45, 7) is 0. The first-order valence-corrected chi connectivity index (χ1v) is 5.51. The molecule has 4 nitrogen and oxygen atoms in total. The van der Waals surface area contributed by atoms with Crippen LogP contribution in [0.15, 0.2) is 36.2 Å². The van der Waals surface area contributed by atoms with E-state index in [1.54, 1.807) is 23.7 Å². The Kier molecular flexibility index (Phi) is 3.39. The molecule has 0 amide bonds. The molecular weight excluding hydrogens is 208 g/mol. The van der Waals surface area contributed by atoms with E-state index >= 15 is 0 Å². The van der Waals surface area contributed by atoms with Gasteiger partial charge in [0.15, 0.2) is 0 Å². The number of nitrogens with zero attached hydrogens (tertiary/aromatic N) is 2. The molecule has 2 heterocycles. The lowest BCUT2D eigenvalue weighted by molar-refractivity contribution is 0.559. The van der Waals surface area contributed by atoms with Gasteiger partial charge in [-0.3, -0.25) is 21.2 Å². The largest absolute Gasteiger partial charge is 0.271 e. The van der Waals surface area contributed by atoms with Crippen LogP contribution in [0.1, 0.15) is 16.5 Å². The van der Waals surface area contributed by atoms with Crippen LogP contribution in [0.4, 0.5) is 0 Å². The molecule has 3 N–H and O–H groups in total. The Morgan fingerprint density at radius 3 is 2.73 bits per heavy atom. The fourth-order valence-corrected chi connectivity index (χ4v) is 2.07. The number of hydrogen-bond donors (Lipinski definition) is 2. The molecule has 15 heavy (non-hydrogen) atoms. The third kappa shape index (κ3) is 2.59. The van der Waals surface area contributed by atoms with Crippen LogP contribution in [-0.2, 0) is 6.42 Å². The van der Waals surface area contributed by atoms with Crippen LogP contribution < -0.4 is 11.3 Å². The molecule has 0 saturated carbocycles. The summed E-state index contributed by atoms with van der Waals surface area (Å²) in [4.78, 5) is 9.17. The van der Waals surface area contributed by atoms with E-state index in [0.717, 1.165) is 11.3 Å². The standard InChI is InChI=1S/C10H12N4S/c11-14-9(10-6-13-7-15-10)5-8-1-3-12-4-2-8/h1-4,6-7,9,14H,5,11H2. The van der Waals surface area contributed by atoms with E-state index in [2.05, 4.69) is 15.4 Å². The van der Waals surface area contributed by atoms with Crippen molar-refractivity contribution in [3.05, 3.63) is 46.7 Å². The van der Waals surface area contributed by atoms with Gasteiger partial charge in [-0.2, -0.15) is 0 Å². The zero-order valence-electron chi connectivity index (χ0n) is 8.13. The third-order valence-electron chi connectivity index (χ3n) is 2.19. The molecule has 0 saturated heterocycles. The first-order chi connectivity index (χ1) is 7.40. The minimum Gasteiger partial charge on any atom is -0.271 e. The van der Waals surface area contributed by atoms with Crippen molar-refractivity contribution in [2.75, 3.05) is 0 Å². The summed E-state index contributed by atoms with van der Waals surface area (Å²) >= 11 is 1.61. The van der Waals surface area contributed by atoms with Gasteiger partial charge in [0.25, 0.3) is 0 Å². The number of thiazole rings is 1. The molecule has 0 spiro atoms. The zero-order valence-corrected chi connectivity index (χ0v) is 8.95. The van der Waals surface area contributed by atoms with Crippen molar-refractivity contribution < 1.29 is 0 Å². The van der Waals surface area contributed by atoms with E-state index in [9.17, 15) is 0 Å². The smallest absolute Gasteiger partial charge is 0.0794 e. The Morgan fingerprint density at radius 1 is 1.33 bits per heavy atom. The molecule has 1 unspecified atom stereocenters. The van der Waals surface area contributed by atoms with E-state index in [1.165, 1.54) is 5.56 Å². The fraction of sp³-hybridized carbons (Fsp3) is 0.200. The van der Waals surface area contributed by atoms with Gasteiger partial charge in [-0.1, -0.05) is 0 Å². The first kappa shape index (κ1) is 10.2. The highest BCUT2D eigenvalue weighted by atomic mass is 32.1. The van der Waals surface area contributed by atoms with Gasteiger partial charge in [0.05, 0.1) is 11.6 Å². The summed E-state index contributed by atoms with van der Waals surface area (Å²) in [7, 11) is 0. The third-order valence-corrected chi connectivity index (χ3v) is 3.07. The molecule has 2 aromatic heterocycles. The van der Waals surface area contributed by atoms with E-state index in [4.69, 9.17) is 5.84 Å². The minimum absolute atomic E-state index is 0.125. The Hall–Kier alpha value is -1.30. The first-order valence-electron chi connectivity index (χ1n) is 4.63. The molecule has 2 rings (SSSR count). The number of hydrogen-bond acceptors (Lipinski definition) is 5. The quantitative estimate of drug-likeness (QED) is 0.602. The van der Waals surface area contributed by atoms with Crippen LogP contribution in [-0.4, -0.2) is 9.97 Å². The number of aromatic nitrogens is 2. The zero-order chi connectivity index (χ0) is 10.5. The number of hydrazine groups is 1.